The van der Waals surface area contributed by atoms with Crippen LogP contribution in [0.3, 0.4) is 0 Å². The number of hydrogen-bond acceptors (Lipinski definition) is 4. The van der Waals surface area contributed by atoms with Crippen LogP contribution in [0.4, 0.5) is 0 Å². The SMILES string of the molecule is COc1ccc(Br)c(C(C#N)N2CCCNCC2)c1. The number of ether oxygens (including phenoxy) is 1. The van der Waals surface area contributed by atoms with Crippen LogP contribution < -0.4 is 10.1 Å². The molecule has 1 saturated heterocycles. The average Bonchev–Trinajstić information content (AvgIpc) is 2.71. The fourth-order valence-electron chi connectivity index (χ4n) is 2.33. The van der Waals surface area contributed by atoms with Gasteiger partial charge in [-0.3, -0.25) is 4.90 Å². The number of methoxy groups -OCH3 is 1. The highest BCUT2D eigenvalue weighted by Gasteiger charge is 2.23. The lowest BCUT2D eigenvalue weighted by molar-refractivity contribution is 0.251. The van der Waals surface area contributed by atoms with E-state index in [1.807, 2.05) is 18.2 Å². The average molecular weight is 324 g/mol. The van der Waals surface area contributed by atoms with Gasteiger partial charge >= 0.3 is 0 Å². The lowest BCUT2D eigenvalue weighted by Crippen LogP contribution is -2.31. The summed E-state index contributed by atoms with van der Waals surface area (Å²) < 4.78 is 6.21. The maximum absolute atomic E-state index is 9.54. The molecule has 1 aromatic rings. The molecule has 1 unspecified atom stereocenters. The molecular weight excluding hydrogens is 306 g/mol. The van der Waals surface area contributed by atoms with Crippen molar-refractivity contribution in [3.05, 3.63) is 28.2 Å². The van der Waals surface area contributed by atoms with Gasteiger partial charge in [-0.25, -0.2) is 0 Å². The van der Waals surface area contributed by atoms with Gasteiger partial charge in [-0.2, -0.15) is 5.26 Å². The number of nitrogens with zero attached hydrogens (tertiary/aromatic N) is 2. The zero-order valence-corrected chi connectivity index (χ0v) is 12.6. The minimum atomic E-state index is -0.232. The Morgan fingerprint density at radius 1 is 1.42 bits per heavy atom. The highest BCUT2D eigenvalue weighted by Crippen LogP contribution is 2.31. The van der Waals surface area contributed by atoms with Crippen LogP contribution in [0, 0.1) is 11.3 Å². The van der Waals surface area contributed by atoms with Gasteiger partial charge in [0.15, 0.2) is 0 Å². The molecule has 0 aliphatic carbocycles. The first-order valence-corrected chi connectivity index (χ1v) is 7.23. The molecule has 102 valence electrons. The van der Waals surface area contributed by atoms with Crippen LogP contribution in [-0.2, 0) is 0 Å². The summed E-state index contributed by atoms with van der Waals surface area (Å²) in [7, 11) is 1.64. The van der Waals surface area contributed by atoms with Crippen LogP contribution >= 0.6 is 15.9 Å². The molecule has 1 aromatic carbocycles. The second kappa shape index (κ2) is 6.90. The molecule has 2 rings (SSSR count). The molecule has 4 nitrogen and oxygen atoms in total. The zero-order valence-electron chi connectivity index (χ0n) is 11.0. The summed E-state index contributed by atoms with van der Waals surface area (Å²) in [4.78, 5) is 2.22. The molecule has 1 atom stereocenters. The lowest BCUT2D eigenvalue weighted by Gasteiger charge is -2.26. The van der Waals surface area contributed by atoms with E-state index in [-0.39, 0.29) is 6.04 Å². The number of rotatable bonds is 3. The topological polar surface area (TPSA) is 48.3 Å². The van der Waals surface area contributed by atoms with Crippen molar-refractivity contribution in [2.75, 3.05) is 33.3 Å². The minimum Gasteiger partial charge on any atom is -0.497 e. The van der Waals surface area contributed by atoms with Crippen molar-refractivity contribution < 1.29 is 4.74 Å². The number of halogens is 1. The molecule has 0 aromatic heterocycles. The van der Waals surface area contributed by atoms with Gasteiger partial charge < -0.3 is 10.1 Å². The van der Waals surface area contributed by atoms with E-state index in [0.717, 1.165) is 48.4 Å². The van der Waals surface area contributed by atoms with Crippen molar-refractivity contribution in [2.45, 2.75) is 12.5 Å². The van der Waals surface area contributed by atoms with Gasteiger partial charge in [0.05, 0.1) is 13.2 Å². The number of benzene rings is 1. The molecular formula is C14H18BrN3O. The third-order valence-electron chi connectivity index (χ3n) is 3.36. The van der Waals surface area contributed by atoms with E-state index in [9.17, 15) is 5.26 Å². The smallest absolute Gasteiger partial charge is 0.125 e. The Kier molecular flexibility index (Phi) is 5.20. The zero-order chi connectivity index (χ0) is 13.7. The largest absolute Gasteiger partial charge is 0.497 e. The fraction of sp³-hybridized carbons (Fsp3) is 0.500. The van der Waals surface area contributed by atoms with Gasteiger partial charge in [0.2, 0.25) is 0 Å². The molecule has 0 radical (unpaired) electrons. The van der Waals surface area contributed by atoms with Crippen molar-refractivity contribution in [1.82, 2.24) is 10.2 Å². The summed E-state index contributed by atoms with van der Waals surface area (Å²) in [6.45, 7) is 3.78. The highest BCUT2D eigenvalue weighted by molar-refractivity contribution is 9.10. The van der Waals surface area contributed by atoms with Gasteiger partial charge in [-0.05, 0) is 31.2 Å². The normalized spacial score (nSPS) is 18.4. The Balaban J connectivity index is 2.27. The first-order chi connectivity index (χ1) is 9.26. The summed E-state index contributed by atoms with van der Waals surface area (Å²) in [5.74, 6) is 0.784. The lowest BCUT2D eigenvalue weighted by atomic mass is 10.1. The standard InChI is InChI=1S/C14H18BrN3O/c1-19-11-3-4-13(15)12(9-11)14(10-16)18-7-2-5-17-6-8-18/h3-4,9,14,17H,2,5-8H2,1H3. The van der Waals surface area contributed by atoms with Gasteiger partial charge in [0.1, 0.15) is 11.8 Å². The molecule has 0 bridgehead atoms. The molecule has 1 N–H and O–H groups in total. The molecule has 0 saturated carbocycles. The third kappa shape index (κ3) is 3.47. The van der Waals surface area contributed by atoms with E-state index in [0.29, 0.717) is 0 Å². The van der Waals surface area contributed by atoms with E-state index in [1.54, 1.807) is 7.11 Å². The second-order valence-corrected chi connectivity index (χ2v) is 5.41. The molecule has 5 heteroatoms. The van der Waals surface area contributed by atoms with E-state index >= 15 is 0 Å². The van der Waals surface area contributed by atoms with Crippen LogP contribution in [0.15, 0.2) is 22.7 Å². The second-order valence-electron chi connectivity index (χ2n) is 4.56. The molecule has 1 aliphatic heterocycles. The van der Waals surface area contributed by atoms with E-state index in [1.165, 1.54) is 0 Å². The van der Waals surface area contributed by atoms with Crippen LogP contribution in [0.5, 0.6) is 5.75 Å². The Morgan fingerprint density at radius 3 is 3.00 bits per heavy atom. The van der Waals surface area contributed by atoms with E-state index < -0.39 is 0 Å². The van der Waals surface area contributed by atoms with Crippen molar-refractivity contribution in [2.24, 2.45) is 0 Å². The number of nitrogens with one attached hydrogen (secondary N) is 1. The van der Waals surface area contributed by atoms with Crippen LogP contribution in [0.2, 0.25) is 0 Å². The summed E-state index contributed by atoms with van der Waals surface area (Å²) >= 11 is 3.54. The van der Waals surface area contributed by atoms with Crippen molar-refractivity contribution in [3.63, 3.8) is 0 Å². The molecule has 1 heterocycles. The van der Waals surface area contributed by atoms with Crippen molar-refractivity contribution in [1.29, 1.82) is 5.26 Å². The van der Waals surface area contributed by atoms with Gasteiger partial charge in [-0.15, -0.1) is 0 Å². The maximum Gasteiger partial charge on any atom is 0.125 e. The summed E-state index contributed by atoms with van der Waals surface area (Å²) in [6, 6.07) is 7.96. The molecule has 1 fully saturated rings. The molecule has 0 amide bonds. The Bertz CT molecular complexity index is 464. The monoisotopic (exact) mass is 323 g/mol. The van der Waals surface area contributed by atoms with Crippen LogP contribution in [0.1, 0.15) is 18.0 Å². The highest BCUT2D eigenvalue weighted by atomic mass is 79.9. The Morgan fingerprint density at radius 2 is 2.26 bits per heavy atom. The predicted molar refractivity (Wildman–Crippen MR) is 78.1 cm³/mol. The maximum atomic E-state index is 9.54. The van der Waals surface area contributed by atoms with E-state index in [2.05, 4.69) is 32.2 Å². The number of nitriles is 1. The van der Waals surface area contributed by atoms with E-state index in [4.69, 9.17) is 4.74 Å². The van der Waals surface area contributed by atoms with Gasteiger partial charge in [0, 0.05) is 29.7 Å². The Hall–Kier alpha value is -1.09. The van der Waals surface area contributed by atoms with Crippen LogP contribution in [0.25, 0.3) is 0 Å². The van der Waals surface area contributed by atoms with Crippen molar-refractivity contribution in [3.8, 4) is 11.8 Å². The first-order valence-electron chi connectivity index (χ1n) is 6.44. The van der Waals surface area contributed by atoms with Gasteiger partial charge in [0.25, 0.3) is 0 Å². The summed E-state index contributed by atoms with van der Waals surface area (Å²) in [6.07, 6.45) is 1.07. The third-order valence-corrected chi connectivity index (χ3v) is 4.08. The van der Waals surface area contributed by atoms with Gasteiger partial charge in [-0.1, -0.05) is 15.9 Å². The number of hydrogen-bond donors (Lipinski definition) is 1. The quantitative estimate of drug-likeness (QED) is 0.927. The molecule has 19 heavy (non-hydrogen) atoms. The molecule has 1 aliphatic rings. The van der Waals surface area contributed by atoms with Crippen molar-refractivity contribution >= 4 is 15.9 Å². The fourth-order valence-corrected chi connectivity index (χ4v) is 2.79. The predicted octanol–water partition coefficient (Wildman–Crippen LogP) is 2.32. The summed E-state index contributed by atoms with van der Waals surface area (Å²) in [5.41, 5.74) is 0.976. The minimum absolute atomic E-state index is 0.232. The summed E-state index contributed by atoms with van der Waals surface area (Å²) in [5, 5.41) is 12.9. The first kappa shape index (κ1) is 14.3. The Labute approximate surface area is 122 Å². The molecule has 0 spiro atoms. The van der Waals surface area contributed by atoms with Crippen LogP contribution in [-0.4, -0.2) is 38.2 Å².